The number of aromatic nitrogens is 1. The molecule has 0 spiro atoms. The molecule has 0 aliphatic carbocycles. The Bertz CT molecular complexity index is 557. The summed E-state index contributed by atoms with van der Waals surface area (Å²) in [5, 5.41) is 2.84. The SMILES string of the molecule is C[C@@H](NC(=O)Cc1cccc(F)c1)c1ccccn1. The Labute approximate surface area is 111 Å². The van der Waals surface area contributed by atoms with Gasteiger partial charge >= 0.3 is 0 Å². The Kier molecular flexibility index (Phi) is 4.23. The van der Waals surface area contributed by atoms with Gasteiger partial charge in [0.05, 0.1) is 18.2 Å². The van der Waals surface area contributed by atoms with E-state index in [1.54, 1.807) is 18.3 Å². The highest BCUT2D eigenvalue weighted by Gasteiger charge is 2.10. The predicted molar refractivity (Wildman–Crippen MR) is 70.9 cm³/mol. The molecule has 1 aromatic heterocycles. The van der Waals surface area contributed by atoms with Gasteiger partial charge in [-0.25, -0.2) is 4.39 Å². The summed E-state index contributed by atoms with van der Waals surface area (Å²) in [5.74, 6) is -0.480. The first-order valence-electron chi connectivity index (χ1n) is 6.10. The molecule has 1 atom stereocenters. The molecule has 19 heavy (non-hydrogen) atoms. The Hall–Kier alpha value is -2.23. The average molecular weight is 258 g/mol. The molecule has 1 heterocycles. The Morgan fingerprint density at radius 1 is 1.32 bits per heavy atom. The lowest BCUT2D eigenvalue weighted by Crippen LogP contribution is -2.28. The van der Waals surface area contributed by atoms with Crippen molar-refractivity contribution in [2.75, 3.05) is 0 Å². The molecule has 2 aromatic rings. The lowest BCUT2D eigenvalue weighted by Gasteiger charge is -2.13. The second kappa shape index (κ2) is 6.09. The summed E-state index contributed by atoms with van der Waals surface area (Å²) in [6.07, 6.45) is 1.85. The highest BCUT2D eigenvalue weighted by Crippen LogP contribution is 2.09. The molecule has 0 radical (unpaired) electrons. The van der Waals surface area contributed by atoms with Crippen LogP contribution in [-0.2, 0) is 11.2 Å². The molecule has 0 aliphatic rings. The molecule has 2 rings (SSSR count). The van der Waals surface area contributed by atoms with Gasteiger partial charge in [0, 0.05) is 6.20 Å². The van der Waals surface area contributed by atoms with E-state index in [-0.39, 0.29) is 24.2 Å². The molecule has 0 saturated carbocycles. The predicted octanol–water partition coefficient (Wildman–Crippen LogP) is 2.64. The fraction of sp³-hybridized carbons (Fsp3) is 0.200. The molecule has 0 bridgehead atoms. The van der Waals surface area contributed by atoms with Crippen molar-refractivity contribution in [1.82, 2.24) is 10.3 Å². The maximum absolute atomic E-state index is 13.0. The van der Waals surface area contributed by atoms with Crippen LogP contribution in [0.3, 0.4) is 0 Å². The number of nitrogens with zero attached hydrogens (tertiary/aromatic N) is 1. The van der Waals surface area contributed by atoms with Crippen LogP contribution in [0.4, 0.5) is 4.39 Å². The number of nitrogens with one attached hydrogen (secondary N) is 1. The van der Waals surface area contributed by atoms with Crippen molar-refractivity contribution in [2.45, 2.75) is 19.4 Å². The van der Waals surface area contributed by atoms with Crippen LogP contribution in [0.25, 0.3) is 0 Å². The third-order valence-electron chi connectivity index (χ3n) is 2.76. The van der Waals surface area contributed by atoms with Crippen molar-refractivity contribution in [2.24, 2.45) is 0 Å². The van der Waals surface area contributed by atoms with E-state index in [1.807, 2.05) is 25.1 Å². The minimum Gasteiger partial charge on any atom is -0.348 e. The second-order valence-corrected chi connectivity index (χ2v) is 4.35. The summed E-state index contributed by atoms with van der Waals surface area (Å²) >= 11 is 0. The molecule has 1 aromatic carbocycles. The van der Waals surface area contributed by atoms with Gasteiger partial charge in [0.1, 0.15) is 5.82 Å². The molecule has 1 N–H and O–H groups in total. The first-order chi connectivity index (χ1) is 9.15. The van der Waals surface area contributed by atoms with Crippen LogP contribution in [0.2, 0.25) is 0 Å². The monoisotopic (exact) mass is 258 g/mol. The number of carbonyl (C=O) groups excluding carboxylic acids is 1. The van der Waals surface area contributed by atoms with Gasteiger partial charge in [-0.05, 0) is 36.8 Å². The zero-order valence-corrected chi connectivity index (χ0v) is 10.6. The minimum absolute atomic E-state index is 0.149. The molecule has 4 heteroatoms. The Morgan fingerprint density at radius 2 is 2.16 bits per heavy atom. The Balaban J connectivity index is 1.95. The standard InChI is InChI=1S/C15H15FN2O/c1-11(14-7-2-3-8-17-14)18-15(19)10-12-5-4-6-13(16)9-12/h2-9,11H,10H2,1H3,(H,18,19)/t11-/m1/s1. The first kappa shape index (κ1) is 13.2. The van der Waals surface area contributed by atoms with E-state index in [2.05, 4.69) is 10.3 Å². The summed E-state index contributed by atoms with van der Waals surface area (Å²) in [5.41, 5.74) is 1.46. The van der Waals surface area contributed by atoms with Gasteiger partial charge in [-0.1, -0.05) is 18.2 Å². The highest BCUT2D eigenvalue weighted by molar-refractivity contribution is 5.78. The van der Waals surface area contributed by atoms with Crippen molar-refractivity contribution in [3.05, 3.63) is 65.7 Å². The summed E-state index contributed by atoms with van der Waals surface area (Å²) in [4.78, 5) is 16.0. The number of carbonyl (C=O) groups is 1. The van der Waals surface area contributed by atoms with Crippen molar-refractivity contribution in [1.29, 1.82) is 0 Å². The quantitative estimate of drug-likeness (QED) is 0.916. The normalized spacial score (nSPS) is 11.9. The largest absolute Gasteiger partial charge is 0.348 e. The molecule has 1 amide bonds. The van der Waals surface area contributed by atoms with E-state index < -0.39 is 0 Å². The highest BCUT2D eigenvalue weighted by atomic mass is 19.1. The van der Waals surface area contributed by atoms with Crippen LogP contribution in [0, 0.1) is 5.82 Å². The number of pyridine rings is 1. The van der Waals surface area contributed by atoms with Gasteiger partial charge in [0.2, 0.25) is 5.91 Å². The minimum atomic E-state index is -0.330. The van der Waals surface area contributed by atoms with Crippen LogP contribution in [-0.4, -0.2) is 10.9 Å². The van der Waals surface area contributed by atoms with Crippen molar-refractivity contribution >= 4 is 5.91 Å². The lowest BCUT2D eigenvalue weighted by molar-refractivity contribution is -0.121. The van der Waals surface area contributed by atoms with Gasteiger partial charge in [0.25, 0.3) is 0 Å². The molecular formula is C15H15FN2O. The van der Waals surface area contributed by atoms with Crippen LogP contribution in [0.1, 0.15) is 24.2 Å². The fourth-order valence-electron chi connectivity index (χ4n) is 1.83. The number of amides is 1. The van der Waals surface area contributed by atoms with Crippen LogP contribution >= 0.6 is 0 Å². The third-order valence-corrected chi connectivity index (χ3v) is 2.76. The summed E-state index contributed by atoms with van der Waals surface area (Å²) in [6.45, 7) is 1.87. The molecular weight excluding hydrogens is 243 g/mol. The number of rotatable bonds is 4. The molecule has 0 unspecified atom stereocenters. The summed E-state index contributed by atoms with van der Waals surface area (Å²) in [6, 6.07) is 11.4. The topological polar surface area (TPSA) is 42.0 Å². The number of benzene rings is 1. The number of hydrogen-bond acceptors (Lipinski definition) is 2. The number of hydrogen-bond donors (Lipinski definition) is 1. The maximum Gasteiger partial charge on any atom is 0.224 e. The van der Waals surface area contributed by atoms with Gasteiger partial charge in [-0.15, -0.1) is 0 Å². The molecule has 0 saturated heterocycles. The van der Waals surface area contributed by atoms with E-state index >= 15 is 0 Å². The van der Waals surface area contributed by atoms with E-state index in [4.69, 9.17) is 0 Å². The van der Waals surface area contributed by atoms with Crippen LogP contribution in [0.15, 0.2) is 48.7 Å². The number of halogens is 1. The van der Waals surface area contributed by atoms with Gasteiger partial charge in [0.15, 0.2) is 0 Å². The summed E-state index contributed by atoms with van der Waals surface area (Å²) < 4.78 is 13.0. The zero-order chi connectivity index (χ0) is 13.7. The maximum atomic E-state index is 13.0. The third kappa shape index (κ3) is 3.88. The van der Waals surface area contributed by atoms with E-state index in [0.717, 1.165) is 5.69 Å². The van der Waals surface area contributed by atoms with Crippen molar-refractivity contribution in [3.63, 3.8) is 0 Å². The lowest BCUT2D eigenvalue weighted by atomic mass is 10.1. The van der Waals surface area contributed by atoms with Crippen molar-refractivity contribution < 1.29 is 9.18 Å². The van der Waals surface area contributed by atoms with E-state index in [9.17, 15) is 9.18 Å². The first-order valence-corrected chi connectivity index (χ1v) is 6.10. The second-order valence-electron chi connectivity index (χ2n) is 4.35. The van der Waals surface area contributed by atoms with E-state index in [0.29, 0.717) is 5.56 Å². The van der Waals surface area contributed by atoms with Gasteiger partial charge in [-0.3, -0.25) is 9.78 Å². The smallest absolute Gasteiger partial charge is 0.224 e. The zero-order valence-electron chi connectivity index (χ0n) is 10.6. The molecule has 0 fully saturated rings. The molecule has 3 nitrogen and oxygen atoms in total. The van der Waals surface area contributed by atoms with Gasteiger partial charge < -0.3 is 5.32 Å². The molecule has 98 valence electrons. The Morgan fingerprint density at radius 3 is 2.84 bits per heavy atom. The van der Waals surface area contributed by atoms with Gasteiger partial charge in [-0.2, -0.15) is 0 Å². The van der Waals surface area contributed by atoms with Crippen LogP contribution < -0.4 is 5.32 Å². The fourth-order valence-corrected chi connectivity index (χ4v) is 1.83. The van der Waals surface area contributed by atoms with Crippen molar-refractivity contribution in [3.8, 4) is 0 Å². The van der Waals surface area contributed by atoms with Crippen LogP contribution in [0.5, 0.6) is 0 Å². The van der Waals surface area contributed by atoms with E-state index in [1.165, 1.54) is 12.1 Å². The summed E-state index contributed by atoms with van der Waals surface area (Å²) in [7, 11) is 0. The molecule has 0 aliphatic heterocycles. The average Bonchev–Trinajstić information content (AvgIpc) is 2.39.